The largest absolute Gasteiger partial charge is 0.370 e. The number of anilines is 1. The van der Waals surface area contributed by atoms with Gasteiger partial charge in [-0.3, -0.25) is 9.48 Å². The van der Waals surface area contributed by atoms with Crippen molar-refractivity contribution in [3.05, 3.63) is 47.8 Å². The molecule has 1 aromatic heterocycles. The van der Waals surface area contributed by atoms with Gasteiger partial charge in [0.25, 0.3) is 5.91 Å². The van der Waals surface area contributed by atoms with Crippen LogP contribution in [-0.2, 0) is 4.74 Å². The number of rotatable bonds is 8. The normalized spacial score (nSPS) is 21.8. The Bertz CT molecular complexity index is 839. The van der Waals surface area contributed by atoms with Gasteiger partial charge in [0.1, 0.15) is 5.69 Å². The minimum Gasteiger partial charge on any atom is -0.370 e. The van der Waals surface area contributed by atoms with Crippen molar-refractivity contribution in [1.82, 2.24) is 14.7 Å². The number of benzene rings is 1. The molecule has 6 heteroatoms. The second kappa shape index (κ2) is 10.4. The maximum absolute atomic E-state index is 12.7. The summed E-state index contributed by atoms with van der Waals surface area (Å²) in [4.78, 5) is 15.2. The number of nitrogens with zero attached hydrogens (tertiary/aromatic N) is 3. The average molecular weight is 427 g/mol. The topological polar surface area (TPSA) is 59.4 Å². The van der Waals surface area contributed by atoms with Gasteiger partial charge in [0.15, 0.2) is 0 Å². The van der Waals surface area contributed by atoms with E-state index in [0.29, 0.717) is 17.7 Å². The summed E-state index contributed by atoms with van der Waals surface area (Å²) < 4.78 is 8.23. The van der Waals surface area contributed by atoms with Crippen molar-refractivity contribution in [3.63, 3.8) is 0 Å². The van der Waals surface area contributed by atoms with Gasteiger partial charge in [-0.1, -0.05) is 39.8 Å². The van der Waals surface area contributed by atoms with E-state index in [2.05, 4.69) is 55.1 Å². The number of hydrogen-bond acceptors (Lipinski definition) is 4. The number of hydrogen-bond donors (Lipinski definition) is 1. The number of amides is 1. The summed E-state index contributed by atoms with van der Waals surface area (Å²) in [7, 11) is 0. The SMILES string of the molecule is CCN(CC)[C@H]1C[C@@H](c2ccc(NC(=O)c3ccnn3C(C)C)cc2)O[C@@H](C(C)C)C1. The van der Waals surface area contributed by atoms with Crippen LogP contribution in [-0.4, -0.2) is 45.8 Å². The van der Waals surface area contributed by atoms with Gasteiger partial charge in [0, 0.05) is 24.0 Å². The van der Waals surface area contributed by atoms with Gasteiger partial charge in [0.2, 0.25) is 0 Å². The highest BCUT2D eigenvalue weighted by molar-refractivity contribution is 6.03. The molecular formula is C25H38N4O2. The van der Waals surface area contributed by atoms with Crippen molar-refractivity contribution < 1.29 is 9.53 Å². The van der Waals surface area contributed by atoms with Crippen LogP contribution in [0.2, 0.25) is 0 Å². The smallest absolute Gasteiger partial charge is 0.273 e. The summed E-state index contributed by atoms with van der Waals surface area (Å²) >= 11 is 0. The number of nitrogens with one attached hydrogen (secondary N) is 1. The molecule has 1 amide bonds. The van der Waals surface area contributed by atoms with E-state index >= 15 is 0 Å². The predicted molar refractivity (Wildman–Crippen MR) is 125 cm³/mol. The molecule has 0 spiro atoms. The molecular weight excluding hydrogens is 388 g/mol. The van der Waals surface area contributed by atoms with E-state index in [9.17, 15) is 4.79 Å². The van der Waals surface area contributed by atoms with Crippen LogP contribution in [0.25, 0.3) is 0 Å². The Morgan fingerprint density at radius 1 is 1.13 bits per heavy atom. The second-order valence-electron chi connectivity index (χ2n) is 9.08. The molecule has 3 rings (SSSR count). The standard InChI is InChI=1S/C25H38N4O2/c1-7-28(8-2)21-15-23(17(3)4)31-24(16-21)19-9-11-20(12-10-19)27-25(30)22-13-14-26-29(22)18(5)6/h9-14,17-18,21,23-24H,7-8,15-16H2,1-6H3,(H,27,30)/t21-,23-,24+/m1/s1. The Morgan fingerprint density at radius 2 is 1.81 bits per heavy atom. The van der Waals surface area contributed by atoms with E-state index in [-0.39, 0.29) is 24.2 Å². The maximum Gasteiger partial charge on any atom is 0.273 e. The highest BCUT2D eigenvalue weighted by Crippen LogP contribution is 2.36. The summed E-state index contributed by atoms with van der Waals surface area (Å²) in [6.07, 6.45) is 4.10. The lowest BCUT2D eigenvalue weighted by Crippen LogP contribution is -2.44. The molecule has 0 radical (unpaired) electrons. The minimum absolute atomic E-state index is 0.0823. The lowest BCUT2D eigenvalue weighted by atomic mass is 9.89. The summed E-state index contributed by atoms with van der Waals surface area (Å²) in [6, 6.07) is 10.5. The zero-order chi connectivity index (χ0) is 22.5. The molecule has 0 aliphatic carbocycles. The molecule has 6 nitrogen and oxygen atoms in total. The molecule has 0 bridgehead atoms. The number of ether oxygens (including phenoxy) is 1. The van der Waals surface area contributed by atoms with Gasteiger partial charge >= 0.3 is 0 Å². The van der Waals surface area contributed by atoms with Crippen molar-refractivity contribution in [3.8, 4) is 0 Å². The first-order chi connectivity index (χ1) is 14.8. The van der Waals surface area contributed by atoms with Crippen LogP contribution < -0.4 is 5.32 Å². The van der Waals surface area contributed by atoms with Crippen molar-refractivity contribution >= 4 is 11.6 Å². The summed E-state index contributed by atoms with van der Waals surface area (Å²) in [5.74, 6) is 0.347. The molecule has 1 aliphatic heterocycles. The molecule has 1 aliphatic rings. The zero-order valence-electron chi connectivity index (χ0n) is 19.8. The summed E-state index contributed by atoms with van der Waals surface area (Å²) in [6.45, 7) is 15.1. The van der Waals surface area contributed by atoms with Crippen LogP contribution in [0.5, 0.6) is 0 Å². The molecule has 1 aromatic carbocycles. The number of aromatic nitrogens is 2. The Kier molecular flexibility index (Phi) is 7.89. The first-order valence-corrected chi connectivity index (χ1v) is 11.7. The van der Waals surface area contributed by atoms with Gasteiger partial charge in [-0.05, 0) is 69.5 Å². The van der Waals surface area contributed by atoms with Crippen molar-refractivity contribution in [1.29, 1.82) is 0 Å². The van der Waals surface area contributed by atoms with E-state index in [1.165, 1.54) is 5.56 Å². The zero-order valence-corrected chi connectivity index (χ0v) is 19.8. The fraction of sp³-hybridized carbons (Fsp3) is 0.600. The lowest BCUT2D eigenvalue weighted by Gasteiger charge is -2.42. The summed E-state index contributed by atoms with van der Waals surface area (Å²) in [5.41, 5.74) is 2.52. The first kappa shape index (κ1) is 23.5. The van der Waals surface area contributed by atoms with Gasteiger partial charge in [-0.25, -0.2) is 0 Å². The summed E-state index contributed by atoms with van der Waals surface area (Å²) in [5, 5.41) is 7.24. The molecule has 2 aromatic rings. The second-order valence-corrected chi connectivity index (χ2v) is 9.08. The van der Waals surface area contributed by atoms with Crippen LogP contribution in [0.4, 0.5) is 5.69 Å². The van der Waals surface area contributed by atoms with Crippen molar-refractivity contribution in [2.75, 3.05) is 18.4 Å². The molecule has 31 heavy (non-hydrogen) atoms. The predicted octanol–water partition coefficient (Wildman–Crippen LogP) is 5.30. The van der Waals surface area contributed by atoms with Gasteiger partial charge in [0.05, 0.1) is 12.2 Å². The molecule has 3 atom stereocenters. The van der Waals surface area contributed by atoms with Gasteiger partial charge in [-0.2, -0.15) is 5.10 Å². The fourth-order valence-electron chi connectivity index (χ4n) is 4.50. The lowest BCUT2D eigenvalue weighted by molar-refractivity contribution is -0.101. The van der Waals surface area contributed by atoms with Crippen LogP contribution >= 0.6 is 0 Å². The monoisotopic (exact) mass is 426 g/mol. The molecule has 1 fully saturated rings. The highest BCUT2D eigenvalue weighted by Gasteiger charge is 2.34. The van der Waals surface area contributed by atoms with E-state index < -0.39 is 0 Å². The van der Waals surface area contributed by atoms with Crippen molar-refractivity contribution in [2.24, 2.45) is 5.92 Å². The Hall–Kier alpha value is -2.18. The van der Waals surface area contributed by atoms with Gasteiger partial charge < -0.3 is 15.0 Å². The Balaban J connectivity index is 1.72. The number of carbonyl (C=O) groups excluding carboxylic acids is 1. The quantitative estimate of drug-likeness (QED) is 0.622. The third kappa shape index (κ3) is 5.55. The maximum atomic E-state index is 12.7. The highest BCUT2D eigenvalue weighted by atomic mass is 16.5. The minimum atomic E-state index is -0.144. The van der Waals surface area contributed by atoms with Crippen LogP contribution in [0.15, 0.2) is 36.5 Å². The molecule has 1 N–H and O–H groups in total. The van der Waals surface area contributed by atoms with E-state index in [1.807, 2.05) is 26.0 Å². The third-order valence-electron chi connectivity index (χ3n) is 6.33. The van der Waals surface area contributed by atoms with Gasteiger partial charge in [-0.15, -0.1) is 0 Å². The van der Waals surface area contributed by atoms with E-state index in [4.69, 9.17) is 4.74 Å². The molecule has 2 heterocycles. The van der Waals surface area contributed by atoms with Crippen LogP contribution in [0.3, 0.4) is 0 Å². The molecule has 0 saturated carbocycles. The van der Waals surface area contributed by atoms with E-state index in [0.717, 1.165) is 31.6 Å². The Labute approximate surface area is 187 Å². The van der Waals surface area contributed by atoms with Crippen LogP contribution in [0, 0.1) is 5.92 Å². The fourth-order valence-corrected chi connectivity index (χ4v) is 4.50. The molecule has 170 valence electrons. The third-order valence-corrected chi connectivity index (χ3v) is 6.33. The molecule has 1 saturated heterocycles. The number of carbonyl (C=O) groups is 1. The molecule has 0 unspecified atom stereocenters. The van der Waals surface area contributed by atoms with Crippen LogP contribution in [0.1, 0.15) is 82.6 Å². The Morgan fingerprint density at radius 3 is 2.39 bits per heavy atom. The van der Waals surface area contributed by atoms with Crippen molar-refractivity contribution in [2.45, 2.75) is 78.7 Å². The van der Waals surface area contributed by atoms with E-state index in [1.54, 1.807) is 16.9 Å². The first-order valence-electron chi connectivity index (χ1n) is 11.7. The average Bonchev–Trinajstić information content (AvgIpc) is 3.25.